The van der Waals surface area contributed by atoms with E-state index in [-0.39, 0.29) is 16.5 Å². The average molecular weight is 569 g/mol. The maximum absolute atomic E-state index is 12.1. The summed E-state index contributed by atoms with van der Waals surface area (Å²) in [6.07, 6.45) is 0. The lowest BCUT2D eigenvalue weighted by molar-refractivity contribution is 0.481. The number of hydrogen-bond acceptors (Lipinski definition) is 9. The van der Waals surface area contributed by atoms with Crippen LogP contribution < -0.4 is 5.73 Å². The van der Waals surface area contributed by atoms with Crippen molar-refractivity contribution in [2.24, 2.45) is 21.9 Å². The minimum absolute atomic E-state index is 0.0759. The van der Waals surface area contributed by atoms with Gasteiger partial charge in [0.1, 0.15) is 15.2 Å². The van der Waals surface area contributed by atoms with E-state index in [1.807, 2.05) is 42.5 Å². The molecule has 0 saturated carbocycles. The zero-order chi connectivity index (χ0) is 27.2. The summed E-state index contributed by atoms with van der Waals surface area (Å²) in [5.74, 6) is -1.01. The van der Waals surface area contributed by atoms with Crippen LogP contribution >= 0.6 is 11.8 Å². The zero-order valence-electron chi connectivity index (χ0n) is 19.4. The number of azo groups is 1. The molecule has 0 amide bonds. The monoisotopic (exact) mass is 568 g/mol. The predicted octanol–water partition coefficient (Wildman–Crippen LogP) is 4.85. The van der Waals surface area contributed by atoms with Crippen molar-refractivity contribution in [1.82, 2.24) is 0 Å². The molecular weight excluding hydrogens is 548 g/mol. The number of benzene rings is 4. The lowest BCUT2D eigenvalue weighted by atomic mass is 9.86. The Morgan fingerprint density at radius 3 is 2.24 bits per heavy atom. The molecule has 1 aliphatic rings. The second kappa shape index (κ2) is 9.73. The van der Waals surface area contributed by atoms with E-state index in [4.69, 9.17) is 5.73 Å². The van der Waals surface area contributed by atoms with Crippen molar-refractivity contribution in [3.63, 3.8) is 0 Å². The van der Waals surface area contributed by atoms with Gasteiger partial charge in [0, 0.05) is 16.7 Å². The van der Waals surface area contributed by atoms with Crippen molar-refractivity contribution in [2.75, 3.05) is 0 Å². The topological polar surface area (TPSA) is 183 Å². The van der Waals surface area contributed by atoms with Crippen LogP contribution in [0.1, 0.15) is 11.5 Å². The number of nitriles is 1. The fourth-order valence-corrected chi connectivity index (χ4v) is 7.42. The predicted molar refractivity (Wildman–Crippen MR) is 143 cm³/mol. The molecule has 0 spiro atoms. The van der Waals surface area contributed by atoms with Gasteiger partial charge in [-0.3, -0.25) is 9.11 Å². The van der Waals surface area contributed by atoms with Gasteiger partial charge in [0.05, 0.1) is 23.0 Å². The zero-order valence-corrected chi connectivity index (χ0v) is 21.9. The molecule has 4 unspecified atom stereocenters. The molecule has 4 aromatic carbocycles. The lowest BCUT2D eigenvalue weighted by Gasteiger charge is -2.18. The Bertz CT molecular complexity index is 1870. The Balaban J connectivity index is 1.62. The third-order valence-electron chi connectivity index (χ3n) is 6.40. The molecule has 1 saturated heterocycles. The summed E-state index contributed by atoms with van der Waals surface area (Å²) in [6.45, 7) is 0. The standard InChI is InChI=1S/C25H20N4O6S3/c26-13-20-23(16-9-8-14-4-1-2-5-15(14)10-16)25(36-24(20)27)29-28-17-11-19-18(22(12-17)38(33,34)35)6-3-7-21(19)37(30,31)32/h1-12,20,23-25H,27H2,(H,30,31,32)(H,33,34,35)/b29-28+. The quantitative estimate of drug-likeness (QED) is 0.224. The summed E-state index contributed by atoms with van der Waals surface area (Å²) in [7, 11) is -9.52. The Morgan fingerprint density at radius 2 is 1.55 bits per heavy atom. The van der Waals surface area contributed by atoms with Crippen molar-refractivity contribution in [2.45, 2.75) is 26.5 Å². The first-order valence-corrected chi connectivity index (χ1v) is 15.0. The Morgan fingerprint density at radius 1 is 0.842 bits per heavy atom. The average Bonchev–Trinajstić information content (AvgIpc) is 3.20. The molecule has 4 N–H and O–H groups in total. The Labute approximate surface area is 222 Å². The molecule has 10 nitrogen and oxygen atoms in total. The van der Waals surface area contributed by atoms with Gasteiger partial charge in [0.15, 0.2) is 0 Å². The summed E-state index contributed by atoms with van der Waals surface area (Å²) in [4.78, 5) is -1.14. The van der Waals surface area contributed by atoms with Crippen LogP contribution in [0.4, 0.5) is 5.69 Å². The molecule has 5 rings (SSSR count). The number of fused-ring (bicyclic) bond motifs is 2. The third-order valence-corrected chi connectivity index (χ3v) is 9.48. The molecule has 4 aromatic rings. The van der Waals surface area contributed by atoms with E-state index in [2.05, 4.69) is 16.3 Å². The van der Waals surface area contributed by atoms with Crippen molar-refractivity contribution < 1.29 is 25.9 Å². The second-order valence-electron chi connectivity index (χ2n) is 8.74. The first-order chi connectivity index (χ1) is 18.0. The fourth-order valence-electron chi connectivity index (χ4n) is 4.68. The SMILES string of the molecule is N#CC1C(N)SC(/N=N/c2cc(S(=O)(=O)O)c3cccc(S(=O)(=O)O)c3c2)C1c1ccc2ccccc2c1. The van der Waals surface area contributed by atoms with Crippen molar-refractivity contribution >= 4 is 59.2 Å². The highest BCUT2D eigenvalue weighted by Crippen LogP contribution is 2.48. The van der Waals surface area contributed by atoms with Crippen LogP contribution in [0, 0.1) is 17.2 Å². The summed E-state index contributed by atoms with van der Waals surface area (Å²) in [5, 5.41) is 18.9. The van der Waals surface area contributed by atoms with Crippen molar-refractivity contribution in [3.8, 4) is 6.07 Å². The van der Waals surface area contributed by atoms with Gasteiger partial charge < -0.3 is 5.73 Å². The van der Waals surface area contributed by atoms with E-state index in [1.54, 1.807) is 0 Å². The van der Waals surface area contributed by atoms with Gasteiger partial charge in [-0.25, -0.2) is 0 Å². The number of thioether (sulfide) groups is 1. The molecule has 194 valence electrons. The van der Waals surface area contributed by atoms with E-state index >= 15 is 0 Å². The minimum Gasteiger partial charge on any atom is -0.318 e. The van der Waals surface area contributed by atoms with E-state index in [9.17, 15) is 31.2 Å². The molecule has 38 heavy (non-hydrogen) atoms. The van der Waals surface area contributed by atoms with Gasteiger partial charge >= 0.3 is 0 Å². The normalized spacial score (nSPS) is 22.3. The van der Waals surface area contributed by atoms with Crippen LogP contribution in [-0.4, -0.2) is 36.7 Å². The summed E-state index contributed by atoms with van der Waals surface area (Å²) >= 11 is 1.24. The summed E-state index contributed by atoms with van der Waals surface area (Å²) < 4.78 is 67.5. The van der Waals surface area contributed by atoms with Crippen LogP contribution in [0.3, 0.4) is 0 Å². The molecule has 1 fully saturated rings. The van der Waals surface area contributed by atoms with E-state index in [0.717, 1.165) is 28.5 Å². The second-order valence-corrected chi connectivity index (χ2v) is 12.8. The molecule has 13 heteroatoms. The first-order valence-electron chi connectivity index (χ1n) is 11.2. The maximum Gasteiger partial charge on any atom is 0.295 e. The molecule has 0 aliphatic carbocycles. The van der Waals surface area contributed by atoms with Gasteiger partial charge in [-0.2, -0.15) is 32.3 Å². The fraction of sp³-hybridized carbons (Fsp3) is 0.160. The largest absolute Gasteiger partial charge is 0.318 e. The van der Waals surface area contributed by atoms with E-state index in [1.165, 1.54) is 30.0 Å². The van der Waals surface area contributed by atoms with Gasteiger partial charge in [-0.1, -0.05) is 54.6 Å². The van der Waals surface area contributed by atoms with Gasteiger partial charge in [-0.05, 0) is 34.5 Å². The highest BCUT2D eigenvalue weighted by molar-refractivity contribution is 8.00. The van der Waals surface area contributed by atoms with Crippen LogP contribution in [0.15, 0.2) is 92.8 Å². The molecule has 0 aromatic heterocycles. The van der Waals surface area contributed by atoms with Crippen LogP contribution in [0.2, 0.25) is 0 Å². The smallest absolute Gasteiger partial charge is 0.295 e. The Kier molecular flexibility index (Phi) is 6.72. The molecular formula is C25H20N4O6S3. The number of rotatable bonds is 5. The highest BCUT2D eigenvalue weighted by Gasteiger charge is 2.44. The van der Waals surface area contributed by atoms with Gasteiger partial charge in [-0.15, -0.1) is 11.8 Å². The number of nitrogens with two attached hydrogens (primary N) is 1. The summed E-state index contributed by atoms with van der Waals surface area (Å²) in [6, 6.07) is 21.8. The minimum atomic E-state index is -4.79. The third kappa shape index (κ3) is 4.90. The number of nitrogens with zero attached hydrogens (tertiary/aromatic N) is 3. The molecule has 1 aliphatic heterocycles. The molecule has 0 bridgehead atoms. The van der Waals surface area contributed by atoms with Crippen LogP contribution in [-0.2, 0) is 20.2 Å². The van der Waals surface area contributed by atoms with E-state index in [0.29, 0.717) is 0 Å². The van der Waals surface area contributed by atoms with Crippen LogP contribution in [0.25, 0.3) is 21.5 Å². The Hall–Kier alpha value is -3.38. The first kappa shape index (κ1) is 26.2. The van der Waals surface area contributed by atoms with Crippen molar-refractivity contribution in [3.05, 3.63) is 78.4 Å². The molecule has 4 atom stereocenters. The van der Waals surface area contributed by atoms with Gasteiger partial charge in [0.2, 0.25) is 0 Å². The van der Waals surface area contributed by atoms with E-state index < -0.39 is 52.6 Å². The van der Waals surface area contributed by atoms with Crippen molar-refractivity contribution in [1.29, 1.82) is 5.26 Å². The molecule has 0 radical (unpaired) electrons. The van der Waals surface area contributed by atoms with Gasteiger partial charge in [0.25, 0.3) is 20.2 Å². The highest BCUT2D eigenvalue weighted by atomic mass is 32.2. The number of hydrogen-bond donors (Lipinski definition) is 3. The van der Waals surface area contributed by atoms with Crippen LogP contribution in [0.5, 0.6) is 0 Å². The molecule has 1 heterocycles. The maximum atomic E-state index is 12.1. The summed E-state index contributed by atoms with van der Waals surface area (Å²) in [5.41, 5.74) is 7.01. The lowest BCUT2D eigenvalue weighted by Crippen LogP contribution is -2.24.